The fraction of sp³-hybridized carbons (Fsp3) is 0.258. The number of non-ortho nitro benzene ring substituents is 4. The van der Waals surface area contributed by atoms with Gasteiger partial charge in [-0.1, -0.05) is 54.3 Å². The first-order valence-electron chi connectivity index (χ1n) is 14.7. The topological polar surface area (TPSA) is 269 Å². The van der Waals surface area contributed by atoms with Crippen molar-refractivity contribution < 1.29 is 43.6 Å². The fourth-order valence-corrected chi connectivity index (χ4v) is 5.94. The Kier molecular flexibility index (Phi) is 13.9. The quantitative estimate of drug-likeness (QED) is 0.0728. The maximum Gasteiger partial charge on any atom is 0.338 e. The van der Waals surface area contributed by atoms with Crippen molar-refractivity contribution in [3.05, 3.63) is 124 Å². The molecule has 0 heterocycles. The Balaban J connectivity index is 1.75. The first-order valence-corrected chi connectivity index (χ1v) is 16.0. The van der Waals surface area contributed by atoms with Gasteiger partial charge in [-0.25, -0.2) is 9.59 Å². The molecule has 0 aliphatic carbocycles. The van der Waals surface area contributed by atoms with E-state index in [0.29, 0.717) is 21.9 Å². The van der Waals surface area contributed by atoms with E-state index in [4.69, 9.17) is 21.7 Å². The van der Waals surface area contributed by atoms with Crippen molar-refractivity contribution in [2.45, 2.75) is 24.5 Å². The molecule has 0 saturated heterocycles. The summed E-state index contributed by atoms with van der Waals surface area (Å²) in [7, 11) is 0. The van der Waals surface area contributed by atoms with E-state index in [2.05, 4.69) is 6.07 Å². The Morgan fingerprint density at radius 2 is 1.15 bits per heavy atom. The Labute approximate surface area is 302 Å². The zero-order valence-corrected chi connectivity index (χ0v) is 28.5. The lowest BCUT2D eigenvalue weighted by Crippen LogP contribution is -2.38. The van der Waals surface area contributed by atoms with E-state index in [1.165, 1.54) is 0 Å². The van der Waals surface area contributed by atoms with Crippen molar-refractivity contribution in [3.63, 3.8) is 0 Å². The van der Waals surface area contributed by atoms with Gasteiger partial charge < -0.3 is 14.4 Å². The Morgan fingerprint density at radius 1 is 0.750 bits per heavy atom. The van der Waals surface area contributed by atoms with Gasteiger partial charge in [0.15, 0.2) is 0 Å². The van der Waals surface area contributed by atoms with Crippen molar-refractivity contribution in [2.24, 2.45) is 0 Å². The summed E-state index contributed by atoms with van der Waals surface area (Å²) < 4.78 is 9.50. The molecule has 0 bridgehead atoms. The van der Waals surface area contributed by atoms with Gasteiger partial charge in [-0.15, -0.1) is 0 Å². The summed E-state index contributed by atoms with van der Waals surface area (Å²) in [6.07, 6.45) is -0.255. The van der Waals surface area contributed by atoms with Crippen molar-refractivity contribution in [3.8, 4) is 6.07 Å². The molecule has 0 N–H and O–H groups in total. The van der Waals surface area contributed by atoms with Crippen LogP contribution in [0.2, 0.25) is 0 Å². The zero-order valence-electron chi connectivity index (χ0n) is 26.9. The number of nitro groups is 4. The molecule has 1 atom stereocenters. The molecule has 1 amide bonds. The van der Waals surface area contributed by atoms with E-state index >= 15 is 0 Å². The summed E-state index contributed by atoms with van der Waals surface area (Å²) in [5.41, 5.74) is -3.26. The molecule has 0 radical (unpaired) electrons. The minimum Gasteiger partial charge on any atom is -0.460 e. The minimum atomic E-state index is -1.18. The number of nitro benzene ring substituents is 4. The molecule has 3 rings (SSSR count). The highest BCUT2D eigenvalue weighted by atomic mass is 32.2. The molecule has 21 heteroatoms. The average Bonchev–Trinajstić information content (AvgIpc) is 3.12. The largest absolute Gasteiger partial charge is 0.460 e. The number of nitriles is 1. The summed E-state index contributed by atoms with van der Waals surface area (Å²) >= 11 is 6.54. The second-order valence-electron chi connectivity index (χ2n) is 10.8. The molecule has 52 heavy (non-hydrogen) atoms. The normalized spacial score (nSPS) is 11.6. The molecule has 0 aromatic heterocycles. The maximum atomic E-state index is 13.4. The predicted octanol–water partition coefficient (Wildman–Crippen LogP) is 5.33. The van der Waals surface area contributed by atoms with Crippen LogP contribution in [0.25, 0.3) is 0 Å². The first-order chi connectivity index (χ1) is 24.5. The Morgan fingerprint density at radius 3 is 1.52 bits per heavy atom. The number of rotatable bonds is 17. The number of thiocarbonyl (C=S) groups is 1. The van der Waals surface area contributed by atoms with Crippen LogP contribution in [0.3, 0.4) is 0 Å². The number of hydrogen-bond acceptors (Lipinski definition) is 16. The number of esters is 2. The van der Waals surface area contributed by atoms with Crippen LogP contribution in [0.15, 0.2) is 66.7 Å². The standard InChI is InChI=1S/C31H26N6O13S2/c1-31(19-32,52-30(51)20-5-3-2-4-6-20)8-7-27(38)33(9-11-49-28(39)21-13-23(34(41)42)17-24(14-21)35(43)44)10-12-50-29(40)22-15-25(36(45)46)18-26(16-22)37(47)48/h2-6,13-18H,7-12H2,1H3. The van der Waals surface area contributed by atoms with Crippen LogP contribution in [0, 0.1) is 51.8 Å². The van der Waals surface area contributed by atoms with Crippen LogP contribution in [0.4, 0.5) is 22.7 Å². The Bertz CT molecular complexity index is 1810. The van der Waals surface area contributed by atoms with Gasteiger partial charge >= 0.3 is 11.9 Å². The third-order valence-corrected chi connectivity index (χ3v) is 8.69. The number of hydrogen-bond donors (Lipinski definition) is 0. The summed E-state index contributed by atoms with van der Waals surface area (Å²) in [5, 5.41) is 54.8. The van der Waals surface area contributed by atoms with Crippen molar-refractivity contribution in [1.29, 1.82) is 5.26 Å². The zero-order chi connectivity index (χ0) is 38.6. The lowest BCUT2D eigenvalue weighted by Gasteiger charge is -2.25. The first kappa shape index (κ1) is 40.0. The Hall–Kier alpha value is -6.40. The molecular formula is C31H26N6O13S2. The predicted molar refractivity (Wildman–Crippen MR) is 186 cm³/mol. The summed E-state index contributed by atoms with van der Waals surface area (Å²) in [5.74, 6) is -2.96. The second-order valence-corrected chi connectivity index (χ2v) is 12.9. The molecule has 0 spiro atoms. The lowest BCUT2D eigenvalue weighted by atomic mass is 10.1. The number of benzene rings is 3. The van der Waals surface area contributed by atoms with Crippen LogP contribution in [0.5, 0.6) is 0 Å². The van der Waals surface area contributed by atoms with Crippen LogP contribution in [-0.4, -0.2) is 77.7 Å². The second kappa shape index (κ2) is 18.0. The van der Waals surface area contributed by atoms with E-state index in [9.17, 15) is 60.1 Å². The molecule has 19 nitrogen and oxygen atoms in total. The van der Waals surface area contributed by atoms with E-state index in [1.807, 2.05) is 0 Å². The maximum absolute atomic E-state index is 13.4. The van der Waals surface area contributed by atoms with Crippen LogP contribution in [-0.2, 0) is 14.3 Å². The van der Waals surface area contributed by atoms with Gasteiger partial charge in [-0.2, -0.15) is 5.26 Å². The van der Waals surface area contributed by atoms with Crippen LogP contribution >= 0.6 is 24.0 Å². The molecule has 1 unspecified atom stereocenters. The van der Waals surface area contributed by atoms with Crippen molar-refractivity contribution in [2.75, 3.05) is 26.3 Å². The third kappa shape index (κ3) is 11.3. The molecule has 0 aliphatic rings. The third-order valence-electron chi connectivity index (χ3n) is 7.04. The highest BCUT2D eigenvalue weighted by Crippen LogP contribution is 2.33. The van der Waals surface area contributed by atoms with E-state index < -0.39 is 89.4 Å². The number of ether oxygens (including phenoxy) is 2. The molecule has 270 valence electrons. The molecule has 0 fully saturated rings. The van der Waals surface area contributed by atoms with Crippen LogP contribution in [0.1, 0.15) is 46.0 Å². The molecule has 0 aliphatic heterocycles. The monoisotopic (exact) mass is 754 g/mol. The summed E-state index contributed by atoms with van der Waals surface area (Å²) in [6.45, 7) is -0.173. The average molecular weight is 755 g/mol. The number of amides is 1. The summed E-state index contributed by atoms with van der Waals surface area (Å²) in [6, 6.07) is 15.4. The minimum absolute atomic E-state index is 0.00918. The van der Waals surface area contributed by atoms with Gasteiger partial charge in [0, 0.05) is 30.7 Å². The van der Waals surface area contributed by atoms with Crippen molar-refractivity contribution >= 4 is 68.8 Å². The fourth-order valence-electron chi connectivity index (χ4n) is 4.34. The highest BCUT2D eigenvalue weighted by Gasteiger charge is 2.30. The number of carbonyl (C=O) groups excluding carboxylic acids is 3. The van der Waals surface area contributed by atoms with Gasteiger partial charge in [-0.05, 0) is 18.9 Å². The smallest absolute Gasteiger partial charge is 0.338 e. The molecule has 3 aromatic carbocycles. The number of thioether (sulfide) groups is 1. The summed E-state index contributed by atoms with van der Waals surface area (Å²) in [4.78, 5) is 81.0. The lowest BCUT2D eigenvalue weighted by molar-refractivity contribution is -0.394. The van der Waals surface area contributed by atoms with Gasteiger partial charge in [0.05, 0.1) is 66.3 Å². The number of carbonyl (C=O) groups is 3. The van der Waals surface area contributed by atoms with Gasteiger partial charge in [0.25, 0.3) is 22.7 Å². The van der Waals surface area contributed by atoms with E-state index in [0.717, 1.165) is 40.9 Å². The SMILES string of the molecule is CC(C#N)(CCC(=O)N(CCOC(=O)c1cc([N+](=O)[O-])cc([N+](=O)[O-])c1)CCOC(=O)c1cc([N+](=O)[O-])cc([N+](=O)[O-])c1)SC(=S)c1ccccc1. The number of nitrogens with zero attached hydrogens (tertiary/aromatic N) is 6. The molecular weight excluding hydrogens is 729 g/mol. The van der Waals surface area contributed by atoms with Gasteiger partial charge in [-0.3, -0.25) is 45.3 Å². The van der Waals surface area contributed by atoms with Gasteiger partial charge in [0.2, 0.25) is 5.91 Å². The van der Waals surface area contributed by atoms with E-state index in [-0.39, 0.29) is 25.9 Å². The molecule has 0 saturated carbocycles. The highest BCUT2D eigenvalue weighted by molar-refractivity contribution is 8.24. The van der Waals surface area contributed by atoms with E-state index in [1.54, 1.807) is 37.3 Å². The van der Waals surface area contributed by atoms with Crippen LogP contribution < -0.4 is 0 Å². The molecule has 3 aromatic rings. The van der Waals surface area contributed by atoms with Gasteiger partial charge in [0.1, 0.15) is 18.0 Å². The van der Waals surface area contributed by atoms with Crippen molar-refractivity contribution in [1.82, 2.24) is 4.90 Å².